The lowest BCUT2D eigenvalue weighted by Gasteiger charge is -2.24. The summed E-state index contributed by atoms with van der Waals surface area (Å²) in [7, 11) is 0. The number of benzene rings is 1. The molecule has 1 unspecified atom stereocenters. The number of rotatable bonds is 3. The van der Waals surface area contributed by atoms with Gasteiger partial charge < -0.3 is 4.74 Å². The van der Waals surface area contributed by atoms with E-state index in [2.05, 4.69) is 16.3 Å². The summed E-state index contributed by atoms with van der Waals surface area (Å²) in [5.74, 6) is 1.46. The van der Waals surface area contributed by atoms with Gasteiger partial charge in [0.15, 0.2) is 5.82 Å². The van der Waals surface area contributed by atoms with E-state index in [0.717, 1.165) is 22.2 Å². The highest BCUT2D eigenvalue weighted by atomic mass is 32.2. The molecule has 0 fully saturated rings. The monoisotopic (exact) mass is 289 g/mol. The van der Waals surface area contributed by atoms with Crippen molar-refractivity contribution in [3.8, 4) is 5.69 Å². The van der Waals surface area contributed by atoms with Crippen LogP contribution < -0.4 is 0 Å². The molecule has 0 N–H and O–H groups in total. The molecule has 1 aromatic carbocycles. The van der Waals surface area contributed by atoms with E-state index < -0.39 is 0 Å². The van der Waals surface area contributed by atoms with E-state index in [-0.39, 0.29) is 11.2 Å². The molecule has 0 saturated heterocycles. The molecule has 6 heteroatoms. The van der Waals surface area contributed by atoms with Gasteiger partial charge in [-0.25, -0.2) is 0 Å². The van der Waals surface area contributed by atoms with Crippen molar-refractivity contribution in [2.75, 3.05) is 6.61 Å². The molecule has 2 heterocycles. The van der Waals surface area contributed by atoms with E-state index in [1.54, 1.807) is 11.8 Å². The standard InChI is InChI=1S/C14H15N3O2S/c1-3-19-13(18)8-12-14-16-15-9(2)17(14)10-6-4-5-7-11(10)20-12/h4-7,12H,3,8H2,1-2H3. The molecule has 1 aromatic heterocycles. The number of hydrogen-bond donors (Lipinski definition) is 0. The summed E-state index contributed by atoms with van der Waals surface area (Å²) in [5.41, 5.74) is 1.08. The third kappa shape index (κ3) is 2.20. The van der Waals surface area contributed by atoms with Crippen molar-refractivity contribution in [1.29, 1.82) is 0 Å². The average Bonchev–Trinajstić information content (AvgIpc) is 2.82. The maximum atomic E-state index is 11.7. The first kappa shape index (κ1) is 13.2. The molecule has 0 amide bonds. The number of carbonyl (C=O) groups is 1. The fourth-order valence-corrected chi connectivity index (χ4v) is 3.56. The SMILES string of the molecule is CCOC(=O)CC1Sc2ccccc2-n2c(C)nnc21. The number of esters is 1. The summed E-state index contributed by atoms with van der Waals surface area (Å²) >= 11 is 1.64. The Kier molecular flexibility index (Phi) is 3.48. The molecule has 2 aromatic rings. The molecular weight excluding hydrogens is 274 g/mol. The lowest BCUT2D eigenvalue weighted by molar-refractivity contribution is -0.143. The van der Waals surface area contributed by atoms with Gasteiger partial charge >= 0.3 is 5.97 Å². The van der Waals surface area contributed by atoms with E-state index in [0.29, 0.717) is 13.0 Å². The first-order valence-corrected chi connectivity index (χ1v) is 7.42. The van der Waals surface area contributed by atoms with Gasteiger partial charge in [-0.1, -0.05) is 12.1 Å². The van der Waals surface area contributed by atoms with Crippen LogP contribution in [0.3, 0.4) is 0 Å². The van der Waals surface area contributed by atoms with Gasteiger partial charge in [0, 0.05) is 4.90 Å². The second-order valence-electron chi connectivity index (χ2n) is 4.52. The quantitative estimate of drug-likeness (QED) is 0.813. The Balaban J connectivity index is 1.99. The van der Waals surface area contributed by atoms with Crippen molar-refractivity contribution < 1.29 is 9.53 Å². The Labute approximate surface area is 121 Å². The number of aromatic nitrogens is 3. The molecule has 0 bridgehead atoms. The lowest BCUT2D eigenvalue weighted by atomic mass is 10.2. The summed E-state index contributed by atoms with van der Waals surface area (Å²) < 4.78 is 7.07. The fraction of sp³-hybridized carbons (Fsp3) is 0.357. The highest BCUT2D eigenvalue weighted by Crippen LogP contribution is 2.45. The second-order valence-corrected chi connectivity index (χ2v) is 5.77. The maximum Gasteiger partial charge on any atom is 0.307 e. The number of ether oxygens (including phenoxy) is 1. The first-order valence-electron chi connectivity index (χ1n) is 6.54. The highest BCUT2D eigenvalue weighted by molar-refractivity contribution is 7.99. The van der Waals surface area contributed by atoms with E-state index in [1.807, 2.05) is 36.6 Å². The summed E-state index contributed by atoms with van der Waals surface area (Å²) in [6, 6.07) is 8.09. The topological polar surface area (TPSA) is 57.0 Å². The zero-order valence-electron chi connectivity index (χ0n) is 11.4. The second kappa shape index (κ2) is 5.28. The van der Waals surface area contributed by atoms with Gasteiger partial charge in [-0.3, -0.25) is 9.36 Å². The number of hydrogen-bond acceptors (Lipinski definition) is 5. The minimum absolute atomic E-state index is 0.0508. The van der Waals surface area contributed by atoms with Crippen LogP contribution >= 0.6 is 11.8 Å². The van der Waals surface area contributed by atoms with Crippen LogP contribution in [-0.2, 0) is 9.53 Å². The first-order chi connectivity index (χ1) is 9.70. The van der Waals surface area contributed by atoms with Gasteiger partial charge in [-0.2, -0.15) is 0 Å². The Morgan fingerprint density at radius 3 is 3.00 bits per heavy atom. The number of carbonyl (C=O) groups excluding carboxylic acids is 1. The van der Waals surface area contributed by atoms with E-state index in [9.17, 15) is 4.79 Å². The minimum atomic E-state index is -0.198. The largest absolute Gasteiger partial charge is 0.466 e. The van der Waals surface area contributed by atoms with Crippen molar-refractivity contribution in [3.05, 3.63) is 35.9 Å². The molecular formula is C14H15N3O2S. The third-order valence-corrected chi connectivity index (χ3v) is 4.43. The summed E-state index contributed by atoms with van der Waals surface area (Å²) in [5, 5.41) is 8.33. The summed E-state index contributed by atoms with van der Waals surface area (Å²) in [6.07, 6.45) is 0.310. The fourth-order valence-electron chi connectivity index (χ4n) is 2.34. The Hall–Kier alpha value is -1.82. The minimum Gasteiger partial charge on any atom is -0.466 e. The molecule has 3 rings (SSSR count). The molecule has 104 valence electrons. The summed E-state index contributed by atoms with van der Waals surface area (Å²) in [4.78, 5) is 12.9. The smallest absolute Gasteiger partial charge is 0.307 e. The van der Waals surface area contributed by atoms with E-state index in [1.165, 1.54) is 0 Å². The van der Waals surface area contributed by atoms with Crippen LogP contribution in [0.25, 0.3) is 5.69 Å². The molecule has 5 nitrogen and oxygen atoms in total. The molecule has 1 atom stereocenters. The zero-order valence-corrected chi connectivity index (χ0v) is 12.2. The number of fused-ring (bicyclic) bond motifs is 3. The van der Waals surface area contributed by atoms with Gasteiger partial charge in [0.05, 0.1) is 24.0 Å². The van der Waals surface area contributed by atoms with Crippen LogP contribution in [0.4, 0.5) is 0 Å². The van der Waals surface area contributed by atoms with E-state index in [4.69, 9.17) is 4.74 Å². The van der Waals surface area contributed by atoms with Crippen LogP contribution in [0.15, 0.2) is 29.2 Å². The van der Waals surface area contributed by atoms with Crippen molar-refractivity contribution in [1.82, 2.24) is 14.8 Å². The summed E-state index contributed by atoms with van der Waals surface area (Å²) in [6.45, 7) is 4.14. The average molecular weight is 289 g/mol. The normalized spacial score (nSPS) is 16.4. The maximum absolute atomic E-state index is 11.7. The van der Waals surface area contributed by atoms with Crippen molar-refractivity contribution in [2.24, 2.45) is 0 Å². The van der Waals surface area contributed by atoms with Crippen molar-refractivity contribution in [2.45, 2.75) is 30.4 Å². The van der Waals surface area contributed by atoms with Gasteiger partial charge in [0.1, 0.15) is 5.82 Å². The van der Waals surface area contributed by atoms with Crippen molar-refractivity contribution in [3.63, 3.8) is 0 Å². The predicted molar refractivity (Wildman–Crippen MR) is 75.9 cm³/mol. The zero-order chi connectivity index (χ0) is 14.1. The Morgan fingerprint density at radius 2 is 2.20 bits per heavy atom. The van der Waals surface area contributed by atoms with Crippen LogP contribution in [0.5, 0.6) is 0 Å². The van der Waals surface area contributed by atoms with Gasteiger partial charge in [0.25, 0.3) is 0 Å². The molecule has 1 aliphatic heterocycles. The number of para-hydroxylation sites is 1. The Morgan fingerprint density at radius 1 is 1.40 bits per heavy atom. The van der Waals surface area contributed by atoms with Gasteiger partial charge in [0.2, 0.25) is 0 Å². The highest BCUT2D eigenvalue weighted by Gasteiger charge is 2.30. The van der Waals surface area contributed by atoms with Crippen LogP contribution in [0.1, 0.15) is 30.2 Å². The van der Waals surface area contributed by atoms with Crippen molar-refractivity contribution >= 4 is 17.7 Å². The van der Waals surface area contributed by atoms with Gasteiger partial charge in [-0.15, -0.1) is 22.0 Å². The molecule has 1 aliphatic rings. The van der Waals surface area contributed by atoms with E-state index >= 15 is 0 Å². The van der Waals surface area contributed by atoms with Crippen LogP contribution in [0.2, 0.25) is 0 Å². The number of nitrogens with zero attached hydrogens (tertiary/aromatic N) is 3. The lowest BCUT2D eigenvalue weighted by Crippen LogP contribution is -2.16. The van der Waals surface area contributed by atoms with Crippen LogP contribution in [0, 0.1) is 6.92 Å². The van der Waals surface area contributed by atoms with Gasteiger partial charge in [-0.05, 0) is 26.0 Å². The molecule has 0 aliphatic carbocycles. The molecule has 0 radical (unpaired) electrons. The molecule has 0 spiro atoms. The number of thioether (sulfide) groups is 1. The van der Waals surface area contributed by atoms with Crippen LogP contribution in [-0.4, -0.2) is 27.3 Å². The molecule has 20 heavy (non-hydrogen) atoms. The third-order valence-electron chi connectivity index (χ3n) is 3.17. The molecule has 0 saturated carbocycles. The predicted octanol–water partition coefficient (Wildman–Crippen LogP) is 2.68. The number of aryl methyl sites for hydroxylation is 1. The Bertz CT molecular complexity index is 654.